The van der Waals surface area contributed by atoms with Crippen LogP contribution >= 0.6 is 24.0 Å². The van der Waals surface area contributed by atoms with Gasteiger partial charge < -0.3 is 20.4 Å². The molecule has 1 atom stereocenters. The number of nitrogens with one attached hydrogen (secondary N) is 2. The van der Waals surface area contributed by atoms with E-state index < -0.39 is 0 Å². The lowest BCUT2D eigenvalue weighted by Gasteiger charge is -2.27. The molecule has 1 aliphatic heterocycles. The summed E-state index contributed by atoms with van der Waals surface area (Å²) in [5, 5.41) is 6.61. The van der Waals surface area contributed by atoms with Crippen molar-refractivity contribution in [2.75, 3.05) is 46.8 Å². The topological polar surface area (TPSA) is 60.0 Å². The third kappa shape index (κ3) is 9.05. The first-order valence-corrected chi connectivity index (χ1v) is 8.90. The molecule has 2 N–H and O–H groups in total. The van der Waals surface area contributed by atoms with Crippen molar-refractivity contribution in [3.05, 3.63) is 0 Å². The van der Waals surface area contributed by atoms with Crippen LogP contribution in [0.15, 0.2) is 4.99 Å². The van der Waals surface area contributed by atoms with Gasteiger partial charge in [0.2, 0.25) is 5.91 Å². The van der Waals surface area contributed by atoms with Crippen LogP contribution in [0.2, 0.25) is 0 Å². The van der Waals surface area contributed by atoms with Crippen molar-refractivity contribution in [1.29, 1.82) is 0 Å². The van der Waals surface area contributed by atoms with Crippen molar-refractivity contribution >= 4 is 35.8 Å². The number of aliphatic imine (C=N–C) groups is 1. The van der Waals surface area contributed by atoms with Crippen LogP contribution in [0.4, 0.5) is 0 Å². The van der Waals surface area contributed by atoms with Gasteiger partial charge in [-0.05, 0) is 46.2 Å². The fourth-order valence-electron chi connectivity index (χ4n) is 2.79. The van der Waals surface area contributed by atoms with E-state index in [0.717, 1.165) is 51.4 Å². The van der Waals surface area contributed by atoms with Crippen LogP contribution in [0.25, 0.3) is 0 Å². The maximum Gasteiger partial charge on any atom is 0.244 e. The Balaban J connectivity index is 0.00000529. The lowest BCUT2D eigenvalue weighted by molar-refractivity contribution is -0.128. The van der Waals surface area contributed by atoms with Crippen molar-refractivity contribution in [2.45, 2.75) is 46.1 Å². The number of guanidine groups is 1. The summed E-state index contributed by atoms with van der Waals surface area (Å²) in [5.74, 6) is 1.52. The summed E-state index contributed by atoms with van der Waals surface area (Å²) in [6, 6.07) is 0.452. The van der Waals surface area contributed by atoms with Gasteiger partial charge in [0.15, 0.2) is 5.96 Å². The first-order valence-electron chi connectivity index (χ1n) is 8.90. The summed E-state index contributed by atoms with van der Waals surface area (Å²) in [6.45, 7) is 10.1. The predicted octanol–water partition coefficient (Wildman–Crippen LogP) is 1.76. The zero-order valence-corrected chi connectivity index (χ0v) is 18.3. The Morgan fingerprint density at radius 2 is 1.83 bits per heavy atom. The summed E-state index contributed by atoms with van der Waals surface area (Å²) in [6.07, 6.45) is 3.37. The van der Waals surface area contributed by atoms with E-state index >= 15 is 0 Å². The van der Waals surface area contributed by atoms with Gasteiger partial charge in [0.25, 0.3) is 0 Å². The highest BCUT2D eigenvalue weighted by molar-refractivity contribution is 14.0. The molecule has 7 heteroatoms. The number of amides is 1. The Labute approximate surface area is 164 Å². The van der Waals surface area contributed by atoms with Gasteiger partial charge in [0, 0.05) is 32.2 Å². The smallest absolute Gasteiger partial charge is 0.244 e. The lowest BCUT2D eigenvalue weighted by Crippen LogP contribution is -2.46. The van der Waals surface area contributed by atoms with Gasteiger partial charge in [-0.3, -0.25) is 4.79 Å². The van der Waals surface area contributed by atoms with Gasteiger partial charge in [-0.25, -0.2) is 4.99 Å². The minimum Gasteiger partial charge on any atom is -0.357 e. The molecule has 1 aliphatic rings. The molecule has 0 aromatic carbocycles. The molecule has 1 fully saturated rings. The maximum atomic E-state index is 12.1. The van der Waals surface area contributed by atoms with Crippen LogP contribution in [0.5, 0.6) is 0 Å². The molecule has 1 rings (SSSR count). The van der Waals surface area contributed by atoms with Gasteiger partial charge in [0.1, 0.15) is 6.54 Å². The van der Waals surface area contributed by atoms with Crippen molar-refractivity contribution in [3.63, 3.8) is 0 Å². The minimum absolute atomic E-state index is 0. The van der Waals surface area contributed by atoms with Gasteiger partial charge in [-0.2, -0.15) is 0 Å². The molecule has 0 aromatic heterocycles. The number of likely N-dealkylation sites (N-methyl/N-ethyl adjacent to an activating group) is 1. The second-order valence-electron chi connectivity index (χ2n) is 6.91. The molecule has 0 radical (unpaired) electrons. The summed E-state index contributed by atoms with van der Waals surface area (Å²) in [5.41, 5.74) is 0. The SMILES string of the molecule is CCNC(=NCC(=O)N1CCCC1)NCC(CC(C)C)N(C)C.I. The Morgan fingerprint density at radius 3 is 2.33 bits per heavy atom. The Hall–Kier alpha value is -0.570. The van der Waals surface area contributed by atoms with Gasteiger partial charge in [-0.15, -0.1) is 24.0 Å². The van der Waals surface area contributed by atoms with E-state index in [1.807, 2.05) is 11.8 Å². The number of rotatable bonds is 8. The van der Waals surface area contributed by atoms with E-state index in [1.54, 1.807) is 0 Å². The van der Waals surface area contributed by atoms with Crippen molar-refractivity contribution in [3.8, 4) is 0 Å². The zero-order chi connectivity index (χ0) is 17.2. The molecular formula is C17H36IN5O. The highest BCUT2D eigenvalue weighted by Gasteiger charge is 2.18. The molecule has 0 bridgehead atoms. The number of likely N-dealkylation sites (tertiary alicyclic amines) is 1. The summed E-state index contributed by atoms with van der Waals surface area (Å²) in [4.78, 5) is 20.7. The fourth-order valence-corrected chi connectivity index (χ4v) is 2.79. The maximum absolute atomic E-state index is 12.1. The zero-order valence-electron chi connectivity index (χ0n) is 16.0. The second kappa shape index (κ2) is 12.7. The quantitative estimate of drug-likeness (QED) is 0.334. The van der Waals surface area contributed by atoms with Gasteiger partial charge in [0.05, 0.1) is 0 Å². The molecule has 0 aliphatic carbocycles. The number of carbonyl (C=O) groups excluding carboxylic acids is 1. The first-order chi connectivity index (χ1) is 10.9. The molecule has 142 valence electrons. The number of carbonyl (C=O) groups is 1. The minimum atomic E-state index is 0. The molecule has 1 saturated heterocycles. The molecule has 1 heterocycles. The Kier molecular flexibility index (Phi) is 12.4. The number of halogens is 1. The molecule has 0 saturated carbocycles. The van der Waals surface area contributed by atoms with E-state index in [9.17, 15) is 4.79 Å². The average Bonchev–Trinajstić information content (AvgIpc) is 3.02. The Morgan fingerprint density at radius 1 is 1.21 bits per heavy atom. The number of nitrogens with zero attached hydrogens (tertiary/aromatic N) is 3. The van der Waals surface area contributed by atoms with Gasteiger partial charge in [-0.1, -0.05) is 13.8 Å². The standard InChI is InChI=1S/C17H35N5O.HI/c1-6-18-17(19-12-15(21(4)5)11-14(2)3)20-13-16(23)22-9-7-8-10-22;/h14-15H,6-13H2,1-5H3,(H2,18,19,20);1H. The van der Waals surface area contributed by atoms with E-state index in [1.165, 1.54) is 0 Å². The summed E-state index contributed by atoms with van der Waals surface area (Å²) >= 11 is 0. The lowest BCUT2D eigenvalue weighted by atomic mass is 10.0. The molecule has 0 spiro atoms. The molecule has 6 nitrogen and oxygen atoms in total. The monoisotopic (exact) mass is 453 g/mol. The first kappa shape index (κ1) is 23.4. The summed E-state index contributed by atoms with van der Waals surface area (Å²) < 4.78 is 0. The van der Waals surface area contributed by atoms with Crippen LogP contribution in [-0.4, -0.2) is 74.5 Å². The molecule has 1 unspecified atom stereocenters. The third-order valence-corrected chi connectivity index (χ3v) is 4.15. The highest BCUT2D eigenvalue weighted by atomic mass is 127. The molecule has 24 heavy (non-hydrogen) atoms. The Bertz CT molecular complexity index is 381. The molecule has 0 aromatic rings. The van der Waals surface area contributed by atoms with E-state index in [4.69, 9.17) is 0 Å². The number of hydrogen-bond acceptors (Lipinski definition) is 3. The van der Waals surface area contributed by atoms with E-state index in [0.29, 0.717) is 12.0 Å². The molecule has 1 amide bonds. The number of hydrogen-bond donors (Lipinski definition) is 2. The third-order valence-electron chi connectivity index (χ3n) is 4.15. The summed E-state index contributed by atoms with van der Waals surface area (Å²) in [7, 11) is 4.21. The largest absolute Gasteiger partial charge is 0.357 e. The molecular weight excluding hydrogens is 417 g/mol. The van der Waals surface area contributed by atoms with Crippen LogP contribution in [0.1, 0.15) is 40.0 Å². The highest BCUT2D eigenvalue weighted by Crippen LogP contribution is 2.08. The predicted molar refractivity (Wildman–Crippen MR) is 112 cm³/mol. The van der Waals surface area contributed by atoms with E-state index in [-0.39, 0.29) is 36.4 Å². The van der Waals surface area contributed by atoms with Crippen LogP contribution in [0, 0.1) is 5.92 Å². The fraction of sp³-hybridized carbons (Fsp3) is 0.882. The van der Waals surface area contributed by atoms with Crippen LogP contribution < -0.4 is 10.6 Å². The van der Waals surface area contributed by atoms with E-state index in [2.05, 4.69) is 48.5 Å². The van der Waals surface area contributed by atoms with Crippen molar-refractivity contribution in [1.82, 2.24) is 20.4 Å². The van der Waals surface area contributed by atoms with Crippen LogP contribution in [0.3, 0.4) is 0 Å². The second-order valence-corrected chi connectivity index (χ2v) is 6.91. The average molecular weight is 453 g/mol. The normalized spacial score (nSPS) is 16.3. The van der Waals surface area contributed by atoms with Crippen molar-refractivity contribution in [2.24, 2.45) is 10.9 Å². The van der Waals surface area contributed by atoms with Crippen molar-refractivity contribution < 1.29 is 4.79 Å². The van der Waals surface area contributed by atoms with Crippen LogP contribution in [-0.2, 0) is 4.79 Å². The van der Waals surface area contributed by atoms with Gasteiger partial charge >= 0.3 is 0 Å².